The zero-order valence-electron chi connectivity index (χ0n) is 63.1. The van der Waals surface area contributed by atoms with Crippen molar-refractivity contribution in [2.24, 2.45) is 0 Å². The van der Waals surface area contributed by atoms with Crippen LogP contribution in [0.2, 0.25) is 0 Å². The monoisotopic (exact) mass is 1490 g/mol. The van der Waals surface area contributed by atoms with Crippen LogP contribution in [0.25, 0.3) is 295 Å². The molecule has 0 unspecified atom stereocenters. The molecule has 0 aliphatic carbocycles. The van der Waals surface area contributed by atoms with E-state index in [2.05, 4.69) is 369 Å². The van der Waals surface area contributed by atoms with Crippen LogP contribution in [-0.4, -0.2) is 17.6 Å². The van der Waals surface area contributed by atoms with Gasteiger partial charge >= 0.3 is 0 Å². The maximum absolute atomic E-state index is 7.47. The normalized spacial score (nSPS) is 12.9. The van der Waals surface area contributed by atoms with E-state index >= 15 is 0 Å². The second-order valence-electron chi connectivity index (χ2n) is 33.1. The fourth-order valence-corrected chi connectivity index (χ4v) is 23.0. The van der Waals surface area contributed by atoms with Crippen LogP contribution in [0.5, 0.6) is 0 Å². The zero-order chi connectivity index (χ0) is 75.9. The van der Waals surface area contributed by atoms with Crippen LogP contribution in [0.1, 0.15) is 0 Å². The molecule has 0 saturated heterocycles. The Labute approximate surface area is 668 Å². The summed E-state index contributed by atoms with van der Waals surface area (Å²) < 4.78 is 24.6. The Bertz CT molecular complexity index is 9780. The fraction of sp³-hybridized carbons (Fsp3) is 0. The first-order valence-electron chi connectivity index (χ1n) is 40.9. The van der Waals surface area contributed by atoms with Crippen molar-refractivity contribution in [1.29, 1.82) is 0 Å². The highest BCUT2D eigenvalue weighted by Gasteiger charge is 2.32. The molecule has 0 amide bonds. The molecule has 0 N–H and O–H groups in total. The summed E-state index contributed by atoms with van der Waals surface area (Å²) in [6.45, 7) is 0. The summed E-state index contributed by atoms with van der Waals surface area (Å²) in [5, 5.41) is 33.9. The molecule has 20 aromatic carbocycles. The van der Waals surface area contributed by atoms with Crippen molar-refractivity contribution >= 4 is 239 Å². The van der Waals surface area contributed by atoms with E-state index in [9.17, 15) is 0 Å². The van der Waals surface area contributed by atoms with Gasteiger partial charge < -0.3 is 26.4 Å². The average molecular weight is 1490 g/mol. The van der Waals surface area contributed by atoms with Crippen molar-refractivity contribution in [1.82, 2.24) is 17.6 Å². The Kier molecular flexibility index (Phi) is 11.0. The number of benzene rings is 20. The summed E-state index contributed by atoms with van der Waals surface area (Å²) >= 11 is 0. The predicted octanol–water partition coefficient (Wildman–Crippen LogP) is 31.0. The topological polar surface area (TPSA) is 43.9 Å². The van der Waals surface area contributed by atoms with E-state index in [1.807, 2.05) is 0 Å². The lowest BCUT2D eigenvalue weighted by Gasteiger charge is -2.14. The number of hydrogen-bond acceptors (Lipinski definition) is 2. The molecule has 0 saturated carbocycles. The number of fused-ring (bicyclic) bond motifs is 34. The molecule has 10 aromatic heterocycles. The zero-order valence-corrected chi connectivity index (χ0v) is 63.1. The van der Waals surface area contributed by atoms with Crippen molar-refractivity contribution in [3.05, 3.63) is 352 Å². The van der Waals surface area contributed by atoms with Crippen LogP contribution in [-0.2, 0) is 0 Å². The van der Waals surface area contributed by atoms with Gasteiger partial charge in [-0.3, -0.25) is 0 Å². The minimum atomic E-state index is 0.855. The molecular formula is C112H58N4O2. The third-order valence-corrected chi connectivity index (χ3v) is 27.5. The first kappa shape index (κ1) is 60.8. The largest absolute Gasteiger partial charge is 0.455 e. The summed E-state index contributed by atoms with van der Waals surface area (Å²) in [5.74, 6) is 0. The maximum Gasteiger partial charge on any atom is 0.143 e. The van der Waals surface area contributed by atoms with E-state index < -0.39 is 0 Å². The number of aromatic nitrogens is 4. The summed E-state index contributed by atoms with van der Waals surface area (Å²) in [6, 6.07) is 133. The molecule has 0 aliphatic rings. The fourth-order valence-electron chi connectivity index (χ4n) is 23.0. The lowest BCUT2D eigenvalue weighted by Crippen LogP contribution is -1.90. The van der Waals surface area contributed by atoms with Crippen molar-refractivity contribution < 1.29 is 8.83 Å². The van der Waals surface area contributed by atoms with Gasteiger partial charge in [-0.25, -0.2) is 0 Å². The van der Waals surface area contributed by atoms with E-state index in [0.717, 1.165) is 88.1 Å². The van der Waals surface area contributed by atoms with Gasteiger partial charge in [0.2, 0.25) is 0 Å². The predicted molar refractivity (Wildman–Crippen MR) is 497 cm³/mol. The van der Waals surface area contributed by atoms with Gasteiger partial charge in [-0.15, -0.1) is 0 Å². The van der Waals surface area contributed by atoms with Gasteiger partial charge in [-0.1, -0.05) is 255 Å². The molecule has 10 heterocycles. The van der Waals surface area contributed by atoms with Crippen LogP contribution >= 0.6 is 0 Å². The van der Waals surface area contributed by atoms with Gasteiger partial charge in [0.1, 0.15) is 22.3 Å². The van der Waals surface area contributed by atoms with Crippen molar-refractivity contribution in [2.45, 2.75) is 0 Å². The van der Waals surface area contributed by atoms with Crippen LogP contribution < -0.4 is 0 Å². The summed E-state index contributed by atoms with van der Waals surface area (Å²) in [5.41, 5.74) is 29.8. The molecule has 30 rings (SSSR count). The minimum Gasteiger partial charge on any atom is -0.455 e. The average Bonchev–Trinajstić information content (AvgIpc) is 1.52. The molecule has 0 spiro atoms. The molecule has 0 atom stereocenters. The highest BCUT2D eigenvalue weighted by molar-refractivity contribution is 6.38. The van der Waals surface area contributed by atoms with Gasteiger partial charge in [0.15, 0.2) is 0 Å². The molecule has 0 aliphatic heterocycles. The smallest absolute Gasteiger partial charge is 0.143 e. The molecule has 0 bridgehead atoms. The number of rotatable bonds is 5. The van der Waals surface area contributed by atoms with Crippen molar-refractivity contribution in [3.63, 3.8) is 0 Å². The molecular weight excluding hydrogens is 1430 g/mol. The van der Waals surface area contributed by atoms with E-state index in [4.69, 9.17) is 8.83 Å². The summed E-state index contributed by atoms with van der Waals surface area (Å²) in [4.78, 5) is 0. The number of para-hydroxylation sites is 8. The third kappa shape index (κ3) is 7.32. The van der Waals surface area contributed by atoms with Gasteiger partial charge in [0, 0.05) is 130 Å². The lowest BCUT2D eigenvalue weighted by molar-refractivity contribution is 0.670. The quantitative estimate of drug-likeness (QED) is 0.172. The second kappa shape index (κ2) is 21.4. The Morgan fingerprint density at radius 1 is 0.161 bits per heavy atom. The van der Waals surface area contributed by atoms with Crippen LogP contribution in [0, 0.1) is 0 Å². The molecule has 30 aromatic rings. The van der Waals surface area contributed by atoms with Crippen LogP contribution in [0.4, 0.5) is 0 Å². The Balaban J connectivity index is 0.647. The Morgan fingerprint density at radius 2 is 0.475 bits per heavy atom. The highest BCUT2D eigenvalue weighted by Crippen LogP contribution is 2.57. The SMILES string of the molecule is c1ccc2c(-c3cc4c5ccccc5n5c6ccccc6c(c3)c45)c3c4cccc5c6c(-c7cc8c9ccccc9n9c%10ccc(-c%11ccc(-c%12c%13ccccc%13cc%13c%12c%12cccc%14c%15c(-c%16cccc%17c%16oc%16ccccc%16%17)c%16ccccc%16cc%15n%13c%14%12)c%12oc%13ccccc%13c%11%12)cc%10c(c7)c89)c7ccccc7cc6n(c3cc2c1)c45. The van der Waals surface area contributed by atoms with Crippen molar-refractivity contribution in [3.8, 4) is 55.6 Å². The minimum absolute atomic E-state index is 0.855. The number of hydrogen-bond donors (Lipinski definition) is 0. The van der Waals surface area contributed by atoms with Gasteiger partial charge in [0.05, 0.1) is 66.2 Å². The first-order valence-corrected chi connectivity index (χ1v) is 40.9. The van der Waals surface area contributed by atoms with E-state index in [1.165, 1.54) is 207 Å². The summed E-state index contributed by atoms with van der Waals surface area (Å²) in [6.07, 6.45) is 0. The van der Waals surface area contributed by atoms with Gasteiger partial charge in [-0.05, 0) is 174 Å². The molecule has 538 valence electrons. The maximum atomic E-state index is 7.47. The molecule has 0 fully saturated rings. The molecule has 118 heavy (non-hydrogen) atoms. The molecule has 6 nitrogen and oxygen atoms in total. The van der Waals surface area contributed by atoms with E-state index in [-0.39, 0.29) is 0 Å². The van der Waals surface area contributed by atoms with E-state index in [0.29, 0.717) is 0 Å². The summed E-state index contributed by atoms with van der Waals surface area (Å²) in [7, 11) is 0. The van der Waals surface area contributed by atoms with Crippen LogP contribution in [0.3, 0.4) is 0 Å². The highest BCUT2D eigenvalue weighted by atomic mass is 16.3. The number of furan rings is 2. The van der Waals surface area contributed by atoms with Gasteiger partial charge in [-0.2, -0.15) is 0 Å². The van der Waals surface area contributed by atoms with E-state index in [1.54, 1.807) is 0 Å². The first-order chi connectivity index (χ1) is 58.6. The molecule has 0 radical (unpaired) electrons. The molecule has 6 heteroatoms. The lowest BCUT2D eigenvalue weighted by atomic mass is 9.88. The second-order valence-corrected chi connectivity index (χ2v) is 33.1. The Morgan fingerprint density at radius 3 is 0.958 bits per heavy atom. The van der Waals surface area contributed by atoms with Gasteiger partial charge in [0.25, 0.3) is 0 Å². The Hall–Kier alpha value is -15.8. The number of nitrogens with zero attached hydrogens (tertiary/aromatic N) is 4. The van der Waals surface area contributed by atoms with Crippen molar-refractivity contribution in [2.75, 3.05) is 0 Å². The van der Waals surface area contributed by atoms with Crippen LogP contribution in [0.15, 0.2) is 361 Å². The standard InChI is InChI=1S/C112H58N4O2/c1-5-26-66-59(22-1)55-92-103(98(66)64-51-84-71-30-9-14-41-88(71)113-89-42-15-10-31-72(89)85(52-64)109(84)113)77-36-20-37-78-104-93(115(92)107(77)78)56-60-23-2-6-27-67(60)99(104)65-53-86-73-32-11-16-43-90(73)114-91-49-46-63(50-83(91)87(54-65)110(86)114)70-47-48-82(112-102(70)76-34-13-18-45-97(76)118-112)101-69-29-8-4-25-62(69)58-95-106(101)80-39-21-38-79-105-94(116(95)108(79)80)57-61-24-3-7-28-68(61)100(105)81-40-19-35-75-74-33-12-17-44-96(74)117-111(75)81/h1-58H. The third-order valence-electron chi connectivity index (χ3n) is 27.5.